The zero-order chi connectivity index (χ0) is 41.1. The highest BCUT2D eigenvalue weighted by atomic mass is 16.5. The average molecular weight is 813 g/mol. The molecule has 5 aliphatic rings. The van der Waals surface area contributed by atoms with Crippen molar-refractivity contribution in [3.8, 4) is 5.75 Å². The molecule has 2 saturated carbocycles. The average Bonchev–Trinajstić information content (AvgIpc) is 3.75. The van der Waals surface area contributed by atoms with E-state index < -0.39 is 23.8 Å². The van der Waals surface area contributed by atoms with Crippen LogP contribution in [0, 0.1) is 11.8 Å². The van der Waals surface area contributed by atoms with Crippen molar-refractivity contribution in [2.75, 3.05) is 43.5 Å². The Morgan fingerprint density at radius 3 is 2.52 bits per heavy atom. The molecule has 3 aliphatic heterocycles. The maximum atomic E-state index is 13.5. The fourth-order valence-corrected chi connectivity index (χ4v) is 9.49. The van der Waals surface area contributed by atoms with Crippen LogP contribution in [0.15, 0.2) is 61.2 Å². The van der Waals surface area contributed by atoms with Gasteiger partial charge in [0.15, 0.2) is 5.65 Å². The third-order valence-electron chi connectivity index (χ3n) is 13.2. The largest absolute Gasteiger partial charge is 0.491 e. The summed E-state index contributed by atoms with van der Waals surface area (Å²) >= 11 is 0. The molecular weight excluding hydrogens is 765 g/mol. The third kappa shape index (κ3) is 7.26. The maximum absolute atomic E-state index is 13.5. The Balaban J connectivity index is 0.738. The van der Waals surface area contributed by atoms with E-state index in [9.17, 15) is 24.0 Å². The Kier molecular flexibility index (Phi) is 9.81. The molecule has 0 radical (unpaired) electrons. The van der Waals surface area contributed by atoms with E-state index in [1.807, 2.05) is 18.2 Å². The number of ether oxygens (including phenoxy) is 1. The van der Waals surface area contributed by atoms with Gasteiger partial charge in [0.2, 0.25) is 11.8 Å². The van der Waals surface area contributed by atoms with E-state index in [4.69, 9.17) is 9.84 Å². The highest BCUT2D eigenvalue weighted by Crippen LogP contribution is 2.38. The van der Waals surface area contributed by atoms with Crippen LogP contribution in [0.2, 0.25) is 0 Å². The van der Waals surface area contributed by atoms with Gasteiger partial charge in [-0.1, -0.05) is 0 Å². The van der Waals surface area contributed by atoms with Crippen molar-refractivity contribution in [3.05, 3.63) is 77.9 Å². The number of carbonyl (C=O) groups excluding carboxylic acids is 5. The van der Waals surface area contributed by atoms with E-state index >= 15 is 0 Å². The lowest BCUT2D eigenvalue weighted by Crippen LogP contribution is -2.54. The minimum atomic E-state index is -0.970. The van der Waals surface area contributed by atoms with Crippen LogP contribution in [0.25, 0.3) is 16.6 Å². The van der Waals surface area contributed by atoms with E-state index in [1.54, 1.807) is 35.1 Å². The molecular formula is C44H48N10O6. The molecule has 16 nitrogen and oxygen atoms in total. The van der Waals surface area contributed by atoms with Crippen LogP contribution in [0.1, 0.15) is 101 Å². The van der Waals surface area contributed by atoms with Gasteiger partial charge in [0.1, 0.15) is 17.4 Å². The number of anilines is 2. The first-order chi connectivity index (χ1) is 29.2. The molecule has 60 heavy (non-hydrogen) atoms. The quantitative estimate of drug-likeness (QED) is 0.174. The molecule has 310 valence electrons. The van der Waals surface area contributed by atoms with Gasteiger partial charge in [-0.25, -0.2) is 9.50 Å². The van der Waals surface area contributed by atoms with Crippen molar-refractivity contribution in [2.45, 2.75) is 82.3 Å². The second-order valence-electron chi connectivity index (χ2n) is 17.2. The van der Waals surface area contributed by atoms with Crippen LogP contribution < -0.4 is 20.3 Å². The Morgan fingerprint density at radius 2 is 1.73 bits per heavy atom. The standard InChI is InChI=1S/C44H48N10O6/c1-50(23-26-13-17-51(18-14-26)31-9-10-32-33(20-31)44(59)54(43(32)58)37-11-12-39(55)48-42(37)57)29-5-7-30(8-6-29)53-24-28-19-36(38(21-35(28)49-53)60-25-27-3-4-27)47-41(56)34-22-46-52-16-2-15-45-40(34)52/h2,9-10,15-16,19-22,24,26-27,29-30,37H,3-8,11-14,17-18,23,25H2,1H3,(H,47,56)(H,48,55,57). The normalized spacial score (nSPS) is 22.5. The smallest absolute Gasteiger partial charge is 0.262 e. The van der Waals surface area contributed by atoms with E-state index in [0.29, 0.717) is 58.3 Å². The molecule has 10 rings (SSSR count). The zero-order valence-corrected chi connectivity index (χ0v) is 33.6. The molecule has 3 aromatic heterocycles. The molecule has 0 spiro atoms. The second-order valence-corrected chi connectivity index (χ2v) is 17.2. The van der Waals surface area contributed by atoms with Gasteiger partial charge in [-0.05, 0) is 107 Å². The summed E-state index contributed by atoms with van der Waals surface area (Å²) in [4.78, 5) is 74.3. The lowest BCUT2D eigenvalue weighted by molar-refractivity contribution is -0.136. The fourth-order valence-electron chi connectivity index (χ4n) is 9.49. The molecule has 2 saturated heterocycles. The van der Waals surface area contributed by atoms with E-state index in [0.717, 1.165) is 92.5 Å². The van der Waals surface area contributed by atoms with Crippen LogP contribution in [0.5, 0.6) is 5.75 Å². The van der Waals surface area contributed by atoms with Gasteiger partial charge < -0.3 is 19.9 Å². The molecule has 5 amide bonds. The number of benzene rings is 2. The van der Waals surface area contributed by atoms with Gasteiger partial charge >= 0.3 is 0 Å². The molecule has 2 aliphatic carbocycles. The molecule has 4 fully saturated rings. The number of hydrogen-bond acceptors (Lipinski definition) is 11. The second kappa shape index (κ2) is 15.5. The monoisotopic (exact) mass is 812 g/mol. The van der Waals surface area contributed by atoms with Crippen LogP contribution >= 0.6 is 0 Å². The predicted octanol–water partition coefficient (Wildman–Crippen LogP) is 4.85. The first-order valence-electron chi connectivity index (χ1n) is 21.2. The minimum Gasteiger partial charge on any atom is -0.491 e. The number of fused-ring (bicyclic) bond motifs is 3. The van der Waals surface area contributed by atoms with Crippen molar-refractivity contribution < 1.29 is 28.7 Å². The highest BCUT2D eigenvalue weighted by molar-refractivity contribution is 6.23. The molecule has 2 aromatic carbocycles. The topological polar surface area (TPSA) is 176 Å². The minimum absolute atomic E-state index is 0.0949. The number of nitrogens with zero attached hydrogens (tertiary/aromatic N) is 8. The molecule has 1 atom stereocenters. The van der Waals surface area contributed by atoms with E-state index in [2.05, 4.69) is 48.4 Å². The third-order valence-corrected chi connectivity index (χ3v) is 13.2. The van der Waals surface area contributed by atoms with Crippen molar-refractivity contribution in [1.82, 2.24) is 39.5 Å². The number of amides is 5. The van der Waals surface area contributed by atoms with Gasteiger partial charge in [0.25, 0.3) is 17.7 Å². The van der Waals surface area contributed by atoms with Crippen molar-refractivity contribution >= 4 is 57.5 Å². The van der Waals surface area contributed by atoms with Crippen LogP contribution in [-0.4, -0.2) is 109 Å². The molecule has 6 heterocycles. The Labute approximate surface area is 346 Å². The summed E-state index contributed by atoms with van der Waals surface area (Å²) in [6.45, 7) is 3.34. The van der Waals surface area contributed by atoms with E-state index in [1.165, 1.54) is 6.20 Å². The number of rotatable bonds is 11. The molecule has 0 bridgehead atoms. The number of piperidine rings is 2. The van der Waals surface area contributed by atoms with Crippen molar-refractivity contribution in [2.24, 2.45) is 11.8 Å². The van der Waals surface area contributed by atoms with Gasteiger partial charge in [0.05, 0.1) is 41.2 Å². The van der Waals surface area contributed by atoms with Crippen molar-refractivity contribution in [1.29, 1.82) is 0 Å². The summed E-state index contributed by atoms with van der Waals surface area (Å²) in [6.07, 6.45) is 15.9. The fraction of sp³-hybridized carbons (Fsp3) is 0.455. The number of imide groups is 2. The summed E-state index contributed by atoms with van der Waals surface area (Å²) in [5.41, 5.74) is 3.86. The SMILES string of the molecule is CN(CC1CCN(c2ccc3c(c2)C(=O)N(C2CCC(=O)NC2=O)C3=O)CC1)C1CCC(n2cc3cc(NC(=O)c4cnn5cccnc45)c(OCC4CC4)cc3n2)CC1. The first kappa shape index (κ1) is 38.1. The molecule has 1 unspecified atom stereocenters. The Morgan fingerprint density at radius 1 is 0.933 bits per heavy atom. The summed E-state index contributed by atoms with van der Waals surface area (Å²) in [5.74, 6) is -0.528. The highest BCUT2D eigenvalue weighted by Gasteiger charge is 2.45. The van der Waals surface area contributed by atoms with Crippen LogP contribution in [-0.2, 0) is 9.59 Å². The number of aromatic nitrogens is 5. The number of carbonyl (C=O) groups is 5. The van der Waals surface area contributed by atoms with Gasteiger partial charge in [-0.3, -0.25) is 38.9 Å². The zero-order valence-electron chi connectivity index (χ0n) is 33.6. The Bertz CT molecular complexity index is 2530. The molecule has 2 N–H and O–H groups in total. The number of hydrogen-bond donors (Lipinski definition) is 2. The number of nitrogens with one attached hydrogen (secondary N) is 2. The van der Waals surface area contributed by atoms with Gasteiger partial charge in [-0.2, -0.15) is 10.2 Å². The predicted molar refractivity (Wildman–Crippen MR) is 221 cm³/mol. The van der Waals surface area contributed by atoms with Crippen LogP contribution in [0.4, 0.5) is 11.4 Å². The lowest BCUT2D eigenvalue weighted by Gasteiger charge is -2.39. The lowest BCUT2D eigenvalue weighted by atomic mass is 9.89. The summed E-state index contributed by atoms with van der Waals surface area (Å²) in [7, 11) is 2.25. The van der Waals surface area contributed by atoms with Crippen molar-refractivity contribution in [3.63, 3.8) is 0 Å². The molecule has 5 aromatic rings. The molecule has 16 heteroatoms. The maximum Gasteiger partial charge on any atom is 0.262 e. The van der Waals surface area contributed by atoms with Crippen LogP contribution in [0.3, 0.4) is 0 Å². The van der Waals surface area contributed by atoms with Gasteiger partial charge in [-0.15, -0.1) is 0 Å². The Hall–Kier alpha value is -6.16. The summed E-state index contributed by atoms with van der Waals surface area (Å²) in [5, 5.41) is 15.6. The van der Waals surface area contributed by atoms with E-state index in [-0.39, 0.29) is 30.7 Å². The summed E-state index contributed by atoms with van der Waals surface area (Å²) in [6, 6.07) is 10.9. The summed E-state index contributed by atoms with van der Waals surface area (Å²) < 4.78 is 9.95. The van der Waals surface area contributed by atoms with Gasteiger partial charge in [0, 0.05) is 67.8 Å². The first-order valence-corrected chi connectivity index (χ1v) is 21.2.